The monoisotopic (exact) mass is 424 g/mol. The number of benzene rings is 1. The van der Waals surface area contributed by atoms with E-state index in [4.69, 9.17) is 11.6 Å². The molecule has 0 saturated carbocycles. The number of aryl methyl sites for hydroxylation is 1. The SMILES string of the molecule is Cc1nn(Cc2ccccc2Cl)c2sc(C(=O)N(c3cccnc3)C(C)C)cc12. The van der Waals surface area contributed by atoms with Crippen molar-refractivity contribution in [3.05, 3.63) is 76.0 Å². The molecule has 0 N–H and O–H groups in total. The van der Waals surface area contributed by atoms with Gasteiger partial charge in [-0.05, 0) is 50.6 Å². The molecule has 29 heavy (non-hydrogen) atoms. The molecule has 3 heterocycles. The zero-order chi connectivity index (χ0) is 20.5. The highest BCUT2D eigenvalue weighted by atomic mass is 35.5. The quantitative estimate of drug-likeness (QED) is 0.421. The number of aromatic nitrogens is 3. The van der Waals surface area contributed by atoms with E-state index < -0.39 is 0 Å². The molecule has 4 aromatic rings. The van der Waals surface area contributed by atoms with Gasteiger partial charge in [0, 0.05) is 22.6 Å². The van der Waals surface area contributed by atoms with Crippen LogP contribution in [0, 0.1) is 6.92 Å². The topological polar surface area (TPSA) is 51.0 Å². The number of fused-ring (bicyclic) bond motifs is 1. The van der Waals surface area contributed by atoms with Crippen molar-refractivity contribution in [2.45, 2.75) is 33.4 Å². The molecule has 0 aliphatic heterocycles. The predicted octanol–water partition coefficient (Wildman–Crippen LogP) is 5.56. The lowest BCUT2D eigenvalue weighted by molar-refractivity contribution is 0.0984. The number of hydrogen-bond acceptors (Lipinski definition) is 4. The molecular weight excluding hydrogens is 404 g/mol. The Kier molecular flexibility index (Phi) is 5.39. The average molecular weight is 425 g/mol. The molecule has 0 bridgehead atoms. The fourth-order valence-corrected chi connectivity index (χ4v) is 4.67. The molecule has 148 valence electrons. The van der Waals surface area contributed by atoms with Gasteiger partial charge < -0.3 is 4.90 Å². The molecule has 0 atom stereocenters. The van der Waals surface area contributed by atoms with E-state index >= 15 is 0 Å². The van der Waals surface area contributed by atoms with Crippen molar-refractivity contribution in [3.8, 4) is 0 Å². The van der Waals surface area contributed by atoms with E-state index in [1.165, 1.54) is 11.3 Å². The Morgan fingerprint density at radius 3 is 2.72 bits per heavy atom. The maximum absolute atomic E-state index is 13.3. The summed E-state index contributed by atoms with van der Waals surface area (Å²) in [6, 6.07) is 13.5. The first-order valence-electron chi connectivity index (χ1n) is 9.39. The summed E-state index contributed by atoms with van der Waals surface area (Å²) in [7, 11) is 0. The van der Waals surface area contributed by atoms with Crippen molar-refractivity contribution in [1.29, 1.82) is 0 Å². The van der Waals surface area contributed by atoms with E-state index in [9.17, 15) is 4.79 Å². The summed E-state index contributed by atoms with van der Waals surface area (Å²) in [5.74, 6) is -0.0297. The summed E-state index contributed by atoms with van der Waals surface area (Å²) in [5, 5.41) is 6.37. The molecule has 0 saturated heterocycles. The predicted molar refractivity (Wildman–Crippen MR) is 119 cm³/mol. The number of carbonyl (C=O) groups excluding carboxylic acids is 1. The lowest BCUT2D eigenvalue weighted by Crippen LogP contribution is -2.36. The van der Waals surface area contributed by atoms with Crippen LogP contribution in [0.25, 0.3) is 10.2 Å². The van der Waals surface area contributed by atoms with E-state index in [2.05, 4.69) is 10.1 Å². The smallest absolute Gasteiger partial charge is 0.268 e. The second-order valence-electron chi connectivity index (χ2n) is 7.14. The van der Waals surface area contributed by atoms with Gasteiger partial charge in [-0.25, -0.2) is 0 Å². The van der Waals surface area contributed by atoms with E-state index in [1.807, 2.05) is 67.9 Å². The number of hydrogen-bond donors (Lipinski definition) is 0. The van der Waals surface area contributed by atoms with E-state index in [1.54, 1.807) is 17.3 Å². The summed E-state index contributed by atoms with van der Waals surface area (Å²) >= 11 is 7.79. The summed E-state index contributed by atoms with van der Waals surface area (Å²) in [6.07, 6.45) is 3.42. The maximum Gasteiger partial charge on any atom is 0.268 e. The number of nitrogens with zero attached hydrogens (tertiary/aromatic N) is 4. The van der Waals surface area contributed by atoms with Crippen LogP contribution in [0.4, 0.5) is 5.69 Å². The Morgan fingerprint density at radius 2 is 2.03 bits per heavy atom. The third-order valence-electron chi connectivity index (χ3n) is 4.76. The van der Waals surface area contributed by atoms with Crippen molar-refractivity contribution in [2.24, 2.45) is 0 Å². The van der Waals surface area contributed by atoms with Crippen LogP contribution in [0.3, 0.4) is 0 Å². The zero-order valence-corrected chi connectivity index (χ0v) is 18.0. The normalized spacial score (nSPS) is 11.3. The summed E-state index contributed by atoms with van der Waals surface area (Å²) < 4.78 is 1.93. The Labute approximate surface area is 178 Å². The number of halogens is 1. The summed E-state index contributed by atoms with van der Waals surface area (Å²) in [6.45, 7) is 6.54. The van der Waals surface area contributed by atoms with Gasteiger partial charge >= 0.3 is 0 Å². The van der Waals surface area contributed by atoms with Gasteiger partial charge in [-0.1, -0.05) is 29.8 Å². The molecule has 7 heteroatoms. The largest absolute Gasteiger partial charge is 0.304 e. The van der Waals surface area contributed by atoms with E-state index in [-0.39, 0.29) is 11.9 Å². The van der Waals surface area contributed by atoms with Crippen molar-refractivity contribution < 1.29 is 4.79 Å². The van der Waals surface area contributed by atoms with Gasteiger partial charge in [-0.3, -0.25) is 14.5 Å². The number of carbonyl (C=O) groups is 1. The highest BCUT2D eigenvalue weighted by Gasteiger charge is 2.24. The highest BCUT2D eigenvalue weighted by molar-refractivity contribution is 7.20. The van der Waals surface area contributed by atoms with Crippen molar-refractivity contribution in [2.75, 3.05) is 4.90 Å². The van der Waals surface area contributed by atoms with Gasteiger partial charge in [-0.15, -0.1) is 11.3 Å². The minimum Gasteiger partial charge on any atom is -0.304 e. The van der Waals surface area contributed by atoms with Crippen LogP contribution in [0.15, 0.2) is 54.9 Å². The van der Waals surface area contributed by atoms with Crippen molar-refractivity contribution in [1.82, 2.24) is 14.8 Å². The first-order valence-corrected chi connectivity index (χ1v) is 10.6. The third kappa shape index (κ3) is 3.78. The molecular formula is C22H21ClN4OS. The van der Waals surface area contributed by atoms with Gasteiger partial charge in [0.25, 0.3) is 5.91 Å². The molecule has 1 aromatic carbocycles. The number of thiophene rings is 1. The number of rotatable bonds is 5. The molecule has 4 rings (SSSR count). The van der Waals surface area contributed by atoms with Crippen LogP contribution in [-0.2, 0) is 6.54 Å². The fourth-order valence-electron chi connectivity index (χ4n) is 3.38. The number of pyridine rings is 1. The molecule has 3 aromatic heterocycles. The summed E-state index contributed by atoms with van der Waals surface area (Å²) in [5.41, 5.74) is 2.69. The van der Waals surface area contributed by atoms with Crippen molar-refractivity contribution >= 4 is 44.7 Å². The average Bonchev–Trinajstić information content (AvgIpc) is 3.26. The molecule has 0 unspecified atom stereocenters. The Bertz CT molecular complexity index is 1170. The first-order chi connectivity index (χ1) is 14.0. The molecule has 0 radical (unpaired) electrons. The van der Waals surface area contributed by atoms with Crippen molar-refractivity contribution in [3.63, 3.8) is 0 Å². The van der Waals surface area contributed by atoms with Crippen LogP contribution >= 0.6 is 22.9 Å². The second kappa shape index (κ2) is 7.97. The zero-order valence-electron chi connectivity index (χ0n) is 16.5. The van der Waals surface area contributed by atoms with E-state index in [0.29, 0.717) is 16.4 Å². The first kappa shape index (κ1) is 19.6. The Morgan fingerprint density at radius 1 is 1.24 bits per heavy atom. The molecule has 1 amide bonds. The fraction of sp³-hybridized carbons (Fsp3) is 0.227. The van der Waals surface area contributed by atoms with Crippen LogP contribution in [-0.4, -0.2) is 26.7 Å². The van der Waals surface area contributed by atoms with Gasteiger partial charge in [0.1, 0.15) is 4.83 Å². The van der Waals surface area contributed by atoms with E-state index in [0.717, 1.165) is 27.2 Å². The van der Waals surface area contributed by atoms with Gasteiger partial charge in [-0.2, -0.15) is 5.10 Å². The standard InChI is InChI=1S/C22H21ClN4OS/c1-14(2)27(17-8-6-10-24-12-17)21(28)20-11-18-15(3)25-26(22(18)29-20)13-16-7-4-5-9-19(16)23/h4-12,14H,13H2,1-3H3. The number of anilines is 1. The molecule has 0 spiro atoms. The van der Waals surface area contributed by atoms with Crippen LogP contribution in [0.2, 0.25) is 5.02 Å². The lowest BCUT2D eigenvalue weighted by atomic mass is 10.2. The van der Waals surface area contributed by atoms with Crippen LogP contribution < -0.4 is 4.90 Å². The molecule has 0 aliphatic carbocycles. The van der Waals surface area contributed by atoms with Gasteiger partial charge in [0.15, 0.2) is 0 Å². The Balaban J connectivity index is 1.72. The second-order valence-corrected chi connectivity index (χ2v) is 8.58. The number of amides is 1. The maximum atomic E-state index is 13.3. The highest BCUT2D eigenvalue weighted by Crippen LogP contribution is 2.31. The summed E-state index contributed by atoms with van der Waals surface area (Å²) in [4.78, 5) is 20.9. The lowest BCUT2D eigenvalue weighted by Gasteiger charge is -2.25. The molecule has 0 fully saturated rings. The minimum atomic E-state index is -0.0297. The van der Waals surface area contributed by atoms with Gasteiger partial charge in [0.2, 0.25) is 0 Å². The minimum absolute atomic E-state index is 0.0117. The van der Waals surface area contributed by atoms with Gasteiger partial charge in [0.05, 0.1) is 29.0 Å². The molecule has 5 nitrogen and oxygen atoms in total. The third-order valence-corrected chi connectivity index (χ3v) is 6.26. The Hall–Kier alpha value is -2.70. The van der Waals surface area contributed by atoms with Crippen LogP contribution in [0.5, 0.6) is 0 Å². The van der Waals surface area contributed by atoms with Crippen LogP contribution in [0.1, 0.15) is 34.8 Å². The molecule has 0 aliphatic rings.